The molecule has 1 aromatic heterocycles. The predicted octanol–water partition coefficient (Wildman–Crippen LogP) is 3.05. The average molecular weight is 402 g/mol. The quantitative estimate of drug-likeness (QED) is 0.738. The second-order valence-corrected chi connectivity index (χ2v) is 9.35. The molecule has 1 amide bonds. The predicted molar refractivity (Wildman–Crippen MR) is 106 cm³/mol. The number of ether oxygens (including phenoxy) is 2. The van der Waals surface area contributed by atoms with Crippen molar-refractivity contribution in [1.29, 1.82) is 0 Å². The van der Waals surface area contributed by atoms with Gasteiger partial charge in [0.25, 0.3) is 5.91 Å². The highest BCUT2D eigenvalue weighted by Gasteiger charge is 2.51. The van der Waals surface area contributed by atoms with Crippen LogP contribution in [0.5, 0.6) is 0 Å². The van der Waals surface area contributed by atoms with E-state index in [1.165, 1.54) is 26.4 Å². The first kappa shape index (κ1) is 20.0. The summed E-state index contributed by atoms with van der Waals surface area (Å²) in [6, 6.07) is 0. The Labute approximate surface area is 170 Å². The maximum absolute atomic E-state index is 12.8. The maximum atomic E-state index is 12.8. The van der Waals surface area contributed by atoms with Gasteiger partial charge in [-0.2, -0.15) is 0 Å². The summed E-state index contributed by atoms with van der Waals surface area (Å²) in [4.78, 5) is 40.3. The molecule has 0 aromatic carbocycles. The number of amides is 1. The number of aromatic nitrogens is 1. The van der Waals surface area contributed by atoms with Crippen LogP contribution in [0.3, 0.4) is 0 Å². The topological polar surface area (TPSA) is 97.5 Å². The van der Waals surface area contributed by atoms with E-state index in [0.29, 0.717) is 16.8 Å². The largest absolute Gasteiger partial charge is 0.465 e. The number of hydrogen-bond acceptors (Lipinski definition) is 5. The fraction of sp³-hybridized carbons (Fsp3) is 0.682. The van der Waals surface area contributed by atoms with Gasteiger partial charge in [0, 0.05) is 11.2 Å². The van der Waals surface area contributed by atoms with Crippen LogP contribution in [-0.2, 0) is 14.3 Å². The zero-order valence-corrected chi connectivity index (χ0v) is 17.6. The zero-order chi connectivity index (χ0) is 20.9. The highest BCUT2D eigenvalue weighted by atomic mass is 16.5. The van der Waals surface area contributed by atoms with Crippen LogP contribution < -0.4 is 5.32 Å². The van der Waals surface area contributed by atoms with Crippen LogP contribution in [0.2, 0.25) is 0 Å². The van der Waals surface area contributed by atoms with E-state index < -0.39 is 18.0 Å². The van der Waals surface area contributed by atoms with Crippen molar-refractivity contribution in [2.75, 3.05) is 7.11 Å². The van der Waals surface area contributed by atoms with E-state index in [2.05, 4.69) is 10.3 Å². The fourth-order valence-corrected chi connectivity index (χ4v) is 6.26. The van der Waals surface area contributed by atoms with Crippen molar-refractivity contribution in [2.24, 2.45) is 17.8 Å². The lowest BCUT2D eigenvalue weighted by atomic mass is 9.53. The first-order chi connectivity index (χ1) is 13.7. The van der Waals surface area contributed by atoms with E-state index in [9.17, 15) is 14.4 Å². The number of aromatic amines is 1. The molecule has 7 heteroatoms. The molecular formula is C22H30N2O5. The van der Waals surface area contributed by atoms with Gasteiger partial charge in [-0.3, -0.25) is 4.79 Å². The molecule has 0 radical (unpaired) electrons. The smallest absolute Gasteiger partial charge is 0.355 e. The molecular weight excluding hydrogens is 372 g/mol. The first-order valence-corrected chi connectivity index (χ1v) is 10.5. The molecule has 4 fully saturated rings. The summed E-state index contributed by atoms with van der Waals surface area (Å²) in [6.07, 6.45) is 6.13. The monoisotopic (exact) mass is 402 g/mol. The van der Waals surface area contributed by atoms with E-state index in [1.807, 2.05) is 0 Å². The lowest BCUT2D eigenvalue weighted by Gasteiger charge is -2.57. The number of methoxy groups -OCH3 is 1. The Balaban J connectivity index is 1.42. The van der Waals surface area contributed by atoms with Crippen molar-refractivity contribution in [3.63, 3.8) is 0 Å². The number of carbonyl (C=O) groups excluding carboxylic acids is 3. The number of esters is 2. The van der Waals surface area contributed by atoms with Crippen LogP contribution in [-0.4, -0.2) is 41.6 Å². The SMILES string of the molecule is COC(=O)c1c(C)[nH]c(C(=O)OC(C)C(=O)NC23CC4CC(CC(C4)C2)C3)c1C. The van der Waals surface area contributed by atoms with Crippen LogP contribution in [0.1, 0.15) is 77.6 Å². The Morgan fingerprint density at radius 2 is 1.59 bits per heavy atom. The first-order valence-electron chi connectivity index (χ1n) is 10.5. The van der Waals surface area contributed by atoms with Crippen molar-refractivity contribution in [1.82, 2.24) is 10.3 Å². The molecule has 0 spiro atoms. The van der Waals surface area contributed by atoms with Crippen molar-refractivity contribution in [3.05, 3.63) is 22.5 Å². The molecule has 158 valence electrons. The van der Waals surface area contributed by atoms with Crippen LogP contribution in [0.4, 0.5) is 0 Å². The van der Waals surface area contributed by atoms with Gasteiger partial charge in [0.15, 0.2) is 6.10 Å². The van der Waals surface area contributed by atoms with Crippen molar-refractivity contribution in [2.45, 2.75) is 70.9 Å². The third kappa shape index (κ3) is 3.55. The van der Waals surface area contributed by atoms with Gasteiger partial charge in [-0.25, -0.2) is 9.59 Å². The minimum atomic E-state index is -0.903. The molecule has 4 saturated carbocycles. The van der Waals surface area contributed by atoms with Gasteiger partial charge in [-0.05, 0) is 82.6 Å². The summed E-state index contributed by atoms with van der Waals surface area (Å²) in [5.74, 6) is 0.772. The number of aryl methyl sites for hydroxylation is 1. The van der Waals surface area contributed by atoms with Crippen LogP contribution in [0, 0.1) is 31.6 Å². The Bertz CT molecular complexity index is 820. The normalized spacial score (nSPS) is 30.7. The van der Waals surface area contributed by atoms with Gasteiger partial charge in [0.1, 0.15) is 5.69 Å². The Morgan fingerprint density at radius 1 is 1.03 bits per heavy atom. The van der Waals surface area contributed by atoms with Crippen LogP contribution in [0.25, 0.3) is 0 Å². The number of nitrogens with one attached hydrogen (secondary N) is 2. The number of H-pyrrole nitrogens is 1. The molecule has 29 heavy (non-hydrogen) atoms. The van der Waals surface area contributed by atoms with Gasteiger partial charge in [0.05, 0.1) is 12.7 Å². The van der Waals surface area contributed by atoms with Crippen molar-refractivity contribution < 1.29 is 23.9 Å². The van der Waals surface area contributed by atoms with E-state index in [-0.39, 0.29) is 17.1 Å². The van der Waals surface area contributed by atoms with Gasteiger partial charge in [0.2, 0.25) is 0 Å². The molecule has 4 bridgehead atoms. The summed E-state index contributed by atoms with van der Waals surface area (Å²) >= 11 is 0. The molecule has 4 aliphatic rings. The lowest BCUT2D eigenvalue weighted by Crippen LogP contribution is -2.61. The molecule has 0 saturated heterocycles. The zero-order valence-electron chi connectivity index (χ0n) is 17.6. The van der Waals surface area contributed by atoms with E-state index in [0.717, 1.165) is 37.0 Å². The molecule has 5 rings (SSSR count). The number of rotatable bonds is 5. The van der Waals surface area contributed by atoms with E-state index >= 15 is 0 Å². The van der Waals surface area contributed by atoms with Gasteiger partial charge >= 0.3 is 11.9 Å². The van der Waals surface area contributed by atoms with E-state index in [4.69, 9.17) is 9.47 Å². The molecule has 1 heterocycles. The molecule has 1 unspecified atom stereocenters. The average Bonchev–Trinajstić information content (AvgIpc) is 2.94. The molecule has 7 nitrogen and oxygen atoms in total. The third-order valence-electron chi connectivity index (χ3n) is 7.11. The summed E-state index contributed by atoms with van der Waals surface area (Å²) in [5.41, 5.74) is 1.38. The molecule has 4 aliphatic carbocycles. The third-order valence-corrected chi connectivity index (χ3v) is 7.11. The number of hydrogen-bond donors (Lipinski definition) is 2. The minimum Gasteiger partial charge on any atom is -0.465 e. The fourth-order valence-electron chi connectivity index (χ4n) is 6.26. The second-order valence-electron chi connectivity index (χ2n) is 9.35. The van der Waals surface area contributed by atoms with Crippen LogP contribution in [0.15, 0.2) is 0 Å². The van der Waals surface area contributed by atoms with Gasteiger partial charge < -0.3 is 19.8 Å². The second kappa shape index (κ2) is 7.18. The lowest BCUT2D eigenvalue weighted by molar-refractivity contribution is -0.134. The van der Waals surface area contributed by atoms with Gasteiger partial charge in [-0.1, -0.05) is 0 Å². The van der Waals surface area contributed by atoms with Crippen molar-refractivity contribution >= 4 is 17.8 Å². The standard InChI is InChI=1S/C22H30N2O5/c1-11-17(20(26)28-4)12(2)23-18(11)21(27)29-13(3)19(25)24-22-8-14-5-15(9-22)7-16(6-14)10-22/h13-16,23H,5-10H2,1-4H3,(H,24,25). The molecule has 1 aromatic rings. The summed E-state index contributed by atoms with van der Waals surface area (Å²) in [6.45, 7) is 4.95. The maximum Gasteiger partial charge on any atom is 0.355 e. The Kier molecular flexibility index (Phi) is 4.95. The highest BCUT2D eigenvalue weighted by Crippen LogP contribution is 2.55. The Hall–Kier alpha value is -2.31. The van der Waals surface area contributed by atoms with E-state index in [1.54, 1.807) is 20.8 Å². The highest BCUT2D eigenvalue weighted by molar-refractivity contribution is 5.99. The van der Waals surface area contributed by atoms with Crippen LogP contribution >= 0.6 is 0 Å². The minimum absolute atomic E-state index is 0.122. The summed E-state index contributed by atoms with van der Waals surface area (Å²) in [5, 5.41) is 3.24. The molecule has 0 aliphatic heterocycles. The van der Waals surface area contributed by atoms with Gasteiger partial charge in [-0.15, -0.1) is 0 Å². The Morgan fingerprint density at radius 3 is 2.10 bits per heavy atom. The molecule has 1 atom stereocenters. The summed E-state index contributed by atoms with van der Waals surface area (Å²) in [7, 11) is 1.29. The van der Waals surface area contributed by atoms with Crippen molar-refractivity contribution in [3.8, 4) is 0 Å². The summed E-state index contributed by atoms with van der Waals surface area (Å²) < 4.78 is 10.2. The number of carbonyl (C=O) groups is 3. The molecule has 2 N–H and O–H groups in total.